The molecule has 2 heterocycles. The van der Waals surface area contributed by atoms with Crippen molar-refractivity contribution in [3.05, 3.63) is 71.3 Å². The SMILES string of the molecule is CCCN1C(=O)[C@H](CCCCNC(=O)OCc2ccccc2)NC(=O)C12CCN(C(=O)c1cccc(C)c1)CC2. The minimum absolute atomic E-state index is 0.0430. The largest absolute Gasteiger partial charge is 0.445 e. The first-order chi connectivity index (χ1) is 19.3. The molecule has 2 aliphatic heterocycles. The van der Waals surface area contributed by atoms with E-state index < -0.39 is 17.7 Å². The van der Waals surface area contributed by atoms with E-state index in [0.29, 0.717) is 63.8 Å². The Balaban J connectivity index is 1.26. The maximum absolute atomic E-state index is 13.5. The summed E-state index contributed by atoms with van der Waals surface area (Å²) in [7, 11) is 0. The van der Waals surface area contributed by atoms with E-state index in [-0.39, 0.29) is 24.3 Å². The van der Waals surface area contributed by atoms with Gasteiger partial charge in [0.25, 0.3) is 5.91 Å². The summed E-state index contributed by atoms with van der Waals surface area (Å²) < 4.78 is 5.22. The Hall–Kier alpha value is -3.88. The quantitative estimate of drug-likeness (QED) is 0.439. The number of piperidine rings is 1. The Morgan fingerprint density at radius 3 is 2.50 bits per heavy atom. The summed E-state index contributed by atoms with van der Waals surface area (Å²) in [5.41, 5.74) is 1.67. The van der Waals surface area contributed by atoms with Crippen LogP contribution >= 0.6 is 0 Å². The van der Waals surface area contributed by atoms with Crippen LogP contribution in [-0.2, 0) is 20.9 Å². The van der Waals surface area contributed by atoms with Gasteiger partial charge in [-0.15, -0.1) is 0 Å². The Kier molecular flexibility index (Phi) is 9.79. The third-order valence-corrected chi connectivity index (χ3v) is 7.80. The number of carbonyl (C=O) groups excluding carboxylic acids is 4. The molecule has 2 aromatic rings. The molecule has 0 bridgehead atoms. The van der Waals surface area contributed by atoms with E-state index in [1.165, 1.54) is 0 Å². The van der Waals surface area contributed by atoms with Gasteiger partial charge in [0.15, 0.2) is 0 Å². The Bertz CT molecular complexity index is 1190. The van der Waals surface area contributed by atoms with E-state index >= 15 is 0 Å². The van der Waals surface area contributed by atoms with E-state index in [4.69, 9.17) is 4.74 Å². The molecule has 40 heavy (non-hydrogen) atoms. The number of likely N-dealkylation sites (tertiary alicyclic amines) is 1. The van der Waals surface area contributed by atoms with Gasteiger partial charge in [0.05, 0.1) is 0 Å². The summed E-state index contributed by atoms with van der Waals surface area (Å²) in [5, 5.41) is 5.73. The highest BCUT2D eigenvalue weighted by atomic mass is 16.5. The van der Waals surface area contributed by atoms with Crippen LogP contribution in [0.1, 0.15) is 66.9 Å². The van der Waals surface area contributed by atoms with Gasteiger partial charge in [-0.25, -0.2) is 4.79 Å². The molecular weight excluding hydrogens is 508 g/mol. The van der Waals surface area contributed by atoms with Crippen LogP contribution in [0.25, 0.3) is 0 Å². The van der Waals surface area contributed by atoms with Gasteiger partial charge in [0.2, 0.25) is 11.8 Å². The topological polar surface area (TPSA) is 108 Å². The molecule has 9 nitrogen and oxygen atoms in total. The van der Waals surface area contributed by atoms with Gasteiger partial charge in [-0.3, -0.25) is 14.4 Å². The third-order valence-electron chi connectivity index (χ3n) is 7.80. The average molecular weight is 549 g/mol. The number of carbonyl (C=O) groups is 4. The second-order valence-corrected chi connectivity index (χ2v) is 10.7. The molecule has 0 aromatic heterocycles. The van der Waals surface area contributed by atoms with Crippen molar-refractivity contribution in [1.29, 1.82) is 0 Å². The number of rotatable bonds is 10. The molecule has 4 rings (SSSR count). The fourth-order valence-corrected chi connectivity index (χ4v) is 5.59. The first kappa shape index (κ1) is 29.1. The van der Waals surface area contributed by atoms with Crippen molar-refractivity contribution < 1.29 is 23.9 Å². The number of hydrogen-bond donors (Lipinski definition) is 2. The standard InChI is InChI=1S/C31H40N4O5/c1-3-18-35-28(37)26(14-7-8-17-32-30(39)40-22-24-11-5-4-6-12-24)33-29(38)31(35)15-19-34(20-16-31)27(36)25-13-9-10-23(2)21-25/h4-6,9-13,21,26H,3,7-8,14-20,22H2,1-2H3,(H,32,39)(H,33,38)/t26-/m0/s1. The highest BCUT2D eigenvalue weighted by Gasteiger charge is 2.53. The summed E-state index contributed by atoms with van der Waals surface area (Å²) >= 11 is 0. The van der Waals surface area contributed by atoms with Crippen LogP contribution in [0.2, 0.25) is 0 Å². The van der Waals surface area contributed by atoms with E-state index in [0.717, 1.165) is 17.5 Å². The lowest BCUT2D eigenvalue weighted by molar-refractivity contribution is -0.161. The fraction of sp³-hybridized carbons (Fsp3) is 0.484. The number of alkyl carbamates (subject to hydrolysis) is 1. The van der Waals surface area contributed by atoms with Crippen molar-refractivity contribution in [3.8, 4) is 0 Å². The van der Waals surface area contributed by atoms with E-state index in [9.17, 15) is 19.2 Å². The molecule has 2 N–H and O–H groups in total. The number of nitrogens with zero attached hydrogens (tertiary/aromatic N) is 2. The lowest BCUT2D eigenvalue weighted by atomic mass is 9.81. The van der Waals surface area contributed by atoms with Gasteiger partial charge in [0, 0.05) is 31.7 Å². The van der Waals surface area contributed by atoms with Gasteiger partial charge in [-0.1, -0.05) is 55.0 Å². The third kappa shape index (κ3) is 6.81. The molecule has 0 aliphatic carbocycles. The second kappa shape index (κ2) is 13.5. The number of nitrogens with one attached hydrogen (secondary N) is 2. The van der Waals surface area contributed by atoms with Crippen molar-refractivity contribution in [3.63, 3.8) is 0 Å². The maximum Gasteiger partial charge on any atom is 0.407 e. The van der Waals surface area contributed by atoms with Crippen LogP contribution in [0.3, 0.4) is 0 Å². The lowest BCUT2D eigenvalue weighted by Gasteiger charge is -2.51. The number of ether oxygens (including phenoxy) is 1. The van der Waals surface area contributed by atoms with E-state index in [1.54, 1.807) is 9.80 Å². The average Bonchev–Trinajstić information content (AvgIpc) is 2.97. The maximum atomic E-state index is 13.5. The molecule has 214 valence electrons. The number of piperazine rings is 1. The first-order valence-corrected chi connectivity index (χ1v) is 14.3. The second-order valence-electron chi connectivity index (χ2n) is 10.7. The minimum atomic E-state index is -0.920. The van der Waals surface area contributed by atoms with Crippen LogP contribution in [0.15, 0.2) is 54.6 Å². The van der Waals surface area contributed by atoms with Gasteiger partial charge >= 0.3 is 6.09 Å². The zero-order chi connectivity index (χ0) is 28.5. The van der Waals surface area contributed by atoms with Crippen molar-refractivity contribution >= 4 is 23.8 Å². The molecule has 0 radical (unpaired) electrons. The lowest BCUT2D eigenvalue weighted by Crippen LogP contribution is -2.73. The monoisotopic (exact) mass is 548 g/mol. The van der Waals surface area contributed by atoms with Gasteiger partial charge in [0.1, 0.15) is 18.2 Å². The minimum Gasteiger partial charge on any atom is -0.445 e. The molecular formula is C31H40N4O5. The molecule has 4 amide bonds. The Morgan fingerprint density at radius 2 is 1.80 bits per heavy atom. The molecule has 1 atom stereocenters. The molecule has 0 unspecified atom stereocenters. The van der Waals surface area contributed by atoms with Crippen LogP contribution in [0.4, 0.5) is 4.79 Å². The summed E-state index contributed by atoms with van der Waals surface area (Å²) in [5.74, 6) is -0.232. The molecule has 2 saturated heterocycles. The normalized spacial score (nSPS) is 18.4. The summed E-state index contributed by atoms with van der Waals surface area (Å²) in [6, 6.07) is 16.4. The van der Waals surface area contributed by atoms with E-state index in [1.807, 2.05) is 68.4 Å². The fourth-order valence-electron chi connectivity index (χ4n) is 5.59. The molecule has 2 aromatic carbocycles. The van der Waals surface area contributed by atoms with Crippen LogP contribution < -0.4 is 10.6 Å². The number of amides is 4. The number of hydrogen-bond acceptors (Lipinski definition) is 5. The molecule has 0 saturated carbocycles. The Morgan fingerprint density at radius 1 is 1.05 bits per heavy atom. The smallest absolute Gasteiger partial charge is 0.407 e. The number of benzene rings is 2. The first-order valence-electron chi connectivity index (χ1n) is 14.3. The molecule has 2 fully saturated rings. The molecule has 9 heteroatoms. The summed E-state index contributed by atoms with van der Waals surface area (Å²) in [6.07, 6.45) is 2.94. The predicted octanol–water partition coefficient (Wildman–Crippen LogP) is 3.80. The zero-order valence-electron chi connectivity index (χ0n) is 23.5. The van der Waals surface area contributed by atoms with Crippen molar-refractivity contribution in [2.45, 2.75) is 70.6 Å². The number of unbranched alkanes of at least 4 members (excludes halogenated alkanes) is 1. The van der Waals surface area contributed by atoms with Gasteiger partial charge in [-0.2, -0.15) is 0 Å². The molecule has 1 spiro atoms. The van der Waals surface area contributed by atoms with Crippen molar-refractivity contribution in [2.24, 2.45) is 0 Å². The zero-order valence-corrected chi connectivity index (χ0v) is 23.5. The highest BCUT2D eigenvalue weighted by molar-refractivity contribution is 6.00. The van der Waals surface area contributed by atoms with Crippen molar-refractivity contribution in [2.75, 3.05) is 26.2 Å². The highest BCUT2D eigenvalue weighted by Crippen LogP contribution is 2.34. The van der Waals surface area contributed by atoms with Crippen LogP contribution in [0.5, 0.6) is 0 Å². The Labute approximate surface area is 236 Å². The van der Waals surface area contributed by atoms with Gasteiger partial charge < -0.3 is 25.2 Å². The van der Waals surface area contributed by atoms with Gasteiger partial charge in [-0.05, 0) is 63.1 Å². The molecule has 2 aliphatic rings. The van der Waals surface area contributed by atoms with E-state index in [2.05, 4.69) is 10.6 Å². The summed E-state index contributed by atoms with van der Waals surface area (Å²) in [6.45, 7) is 5.94. The summed E-state index contributed by atoms with van der Waals surface area (Å²) in [4.78, 5) is 55.6. The van der Waals surface area contributed by atoms with Crippen LogP contribution in [-0.4, -0.2) is 71.4 Å². The number of aryl methyl sites for hydroxylation is 1. The predicted molar refractivity (Wildman–Crippen MR) is 151 cm³/mol. The van der Waals surface area contributed by atoms with Crippen LogP contribution in [0, 0.1) is 6.92 Å². The van der Waals surface area contributed by atoms with Crippen molar-refractivity contribution in [1.82, 2.24) is 20.4 Å².